The van der Waals surface area contributed by atoms with Crippen LogP contribution in [0.2, 0.25) is 0 Å². The average Bonchev–Trinajstić information content (AvgIpc) is 2.72. The van der Waals surface area contributed by atoms with Crippen LogP contribution >= 0.6 is 0 Å². The van der Waals surface area contributed by atoms with Crippen molar-refractivity contribution in [3.8, 4) is 0 Å². The van der Waals surface area contributed by atoms with Crippen molar-refractivity contribution in [2.45, 2.75) is 45.8 Å². The van der Waals surface area contributed by atoms with Gasteiger partial charge in [0.1, 0.15) is 5.60 Å². The zero-order chi connectivity index (χ0) is 17.7. The summed E-state index contributed by atoms with van der Waals surface area (Å²) in [4.78, 5) is 25.2. The lowest BCUT2D eigenvalue weighted by Crippen LogP contribution is -2.36. The van der Waals surface area contributed by atoms with Gasteiger partial charge in [0.25, 0.3) is 0 Å². The summed E-state index contributed by atoms with van der Waals surface area (Å²) >= 11 is 0. The first-order chi connectivity index (χ1) is 11.3. The summed E-state index contributed by atoms with van der Waals surface area (Å²) in [5.74, 6) is -0.374. The molecule has 24 heavy (non-hydrogen) atoms. The largest absolute Gasteiger partial charge is 0.466 e. The van der Waals surface area contributed by atoms with Crippen LogP contribution in [0.3, 0.4) is 0 Å². The van der Waals surface area contributed by atoms with Gasteiger partial charge in [-0.3, -0.25) is 0 Å². The van der Waals surface area contributed by atoms with Crippen LogP contribution in [0, 0.1) is 0 Å². The first kappa shape index (κ1) is 18.0. The standard InChI is InChI=1S/C19H25NO4/c1-19(2,3)24-18(22)20-11-5-6-15-12-14(7-9-16(15)13-20)8-10-17(21)23-4/h7-10,12H,5-6,11,13H2,1-4H3. The molecule has 5 nitrogen and oxygen atoms in total. The molecule has 130 valence electrons. The summed E-state index contributed by atoms with van der Waals surface area (Å²) in [5, 5.41) is 0. The second kappa shape index (κ2) is 7.51. The highest BCUT2D eigenvalue weighted by Gasteiger charge is 2.24. The number of benzene rings is 1. The van der Waals surface area contributed by atoms with Gasteiger partial charge in [-0.25, -0.2) is 9.59 Å². The molecule has 0 saturated carbocycles. The molecule has 0 spiro atoms. The highest BCUT2D eigenvalue weighted by Crippen LogP contribution is 2.22. The number of hydrogen-bond donors (Lipinski definition) is 0. The lowest BCUT2D eigenvalue weighted by Gasteiger charge is -2.26. The van der Waals surface area contributed by atoms with E-state index in [2.05, 4.69) is 10.8 Å². The van der Waals surface area contributed by atoms with E-state index in [-0.39, 0.29) is 12.1 Å². The molecule has 1 heterocycles. The summed E-state index contributed by atoms with van der Waals surface area (Å²) in [6, 6.07) is 6.01. The number of nitrogens with zero attached hydrogens (tertiary/aromatic N) is 1. The second-order valence-electron chi connectivity index (χ2n) is 6.89. The van der Waals surface area contributed by atoms with Gasteiger partial charge in [0.2, 0.25) is 0 Å². The first-order valence-corrected chi connectivity index (χ1v) is 8.14. The van der Waals surface area contributed by atoms with Crippen molar-refractivity contribution >= 4 is 18.1 Å². The van der Waals surface area contributed by atoms with Gasteiger partial charge in [0, 0.05) is 19.2 Å². The number of esters is 1. The lowest BCUT2D eigenvalue weighted by atomic mass is 10.0. The monoisotopic (exact) mass is 331 g/mol. The molecule has 1 amide bonds. The minimum absolute atomic E-state index is 0.273. The summed E-state index contributed by atoms with van der Waals surface area (Å²) in [7, 11) is 1.36. The topological polar surface area (TPSA) is 55.8 Å². The molecule has 0 fully saturated rings. The van der Waals surface area contributed by atoms with Gasteiger partial charge < -0.3 is 14.4 Å². The van der Waals surface area contributed by atoms with Gasteiger partial charge in [-0.1, -0.05) is 18.2 Å². The molecule has 5 heteroatoms. The molecular formula is C19H25NO4. The third-order valence-corrected chi connectivity index (χ3v) is 3.73. The van der Waals surface area contributed by atoms with Crippen LogP contribution in [-0.2, 0) is 27.2 Å². The Morgan fingerprint density at radius 3 is 2.62 bits per heavy atom. The third-order valence-electron chi connectivity index (χ3n) is 3.73. The van der Waals surface area contributed by atoms with Crippen molar-refractivity contribution in [1.29, 1.82) is 0 Å². The highest BCUT2D eigenvalue weighted by molar-refractivity contribution is 5.86. The van der Waals surface area contributed by atoms with E-state index >= 15 is 0 Å². The zero-order valence-corrected chi connectivity index (χ0v) is 14.8. The predicted octanol–water partition coefficient (Wildman–Crippen LogP) is 3.56. The Morgan fingerprint density at radius 2 is 1.96 bits per heavy atom. The number of amides is 1. The fourth-order valence-corrected chi connectivity index (χ4v) is 2.60. The van der Waals surface area contributed by atoms with E-state index in [1.165, 1.54) is 18.7 Å². The van der Waals surface area contributed by atoms with Crippen LogP contribution < -0.4 is 0 Å². The Hall–Kier alpha value is -2.30. The van der Waals surface area contributed by atoms with Crippen LogP contribution in [0.4, 0.5) is 4.79 Å². The number of carbonyl (C=O) groups is 2. The van der Waals surface area contributed by atoms with Crippen LogP contribution in [0.25, 0.3) is 6.08 Å². The number of aryl methyl sites for hydroxylation is 1. The van der Waals surface area contributed by atoms with Crippen molar-refractivity contribution < 1.29 is 19.1 Å². The molecule has 1 aliphatic rings. The molecule has 0 atom stereocenters. The number of methoxy groups -OCH3 is 1. The predicted molar refractivity (Wildman–Crippen MR) is 92.5 cm³/mol. The Kier molecular flexibility index (Phi) is 5.65. The van der Waals surface area contributed by atoms with Crippen LogP contribution in [0.5, 0.6) is 0 Å². The zero-order valence-electron chi connectivity index (χ0n) is 14.8. The van der Waals surface area contributed by atoms with Crippen molar-refractivity contribution in [1.82, 2.24) is 4.90 Å². The Labute approximate surface area is 143 Å². The molecule has 0 radical (unpaired) electrons. The minimum atomic E-state index is -0.491. The number of ether oxygens (including phenoxy) is 2. The summed E-state index contributed by atoms with van der Waals surface area (Å²) in [5.41, 5.74) is 2.78. The molecule has 0 N–H and O–H groups in total. The molecule has 1 aromatic carbocycles. The van der Waals surface area contributed by atoms with E-state index in [0.29, 0.717) is 13.1 Å². The van der Waals surface area contributed by atoms with Gasteiger partial charge in [-0.15, -0.1) is 0 Å². The maximum atomic E-state index is 12.3. The Bertz CT molecular complexity index is 643. The van der Waals surface area contributed by atoms with Crippen molar-refractivity contribution in [2.75, 3.05) is 13.7 Å². The Morgan fingerprint density at radius 1 is 1.21 bits per heavy atom. The van der Waals surface area contributed by atoms with E-state index in [4.69, 9.17) is 4.74 Å². The number of fused-ring (bicyclic) bond motifs is 1. The summed E-state index contributed by atoms with van der Waals surface area (Å²) in [6.07, 6.45) is 4.66. The van der Waals surface area contributed by atoms with Crippen LogP contribution in [0.1, 0.15) is 43.9 Å². The van der Waals surface area contributed by atoms with Crippen molar-refractivity contribution in [3.05, 3.63) is 41.0 Å². The molecule has 1 aliphatic heterocycles. The number of hydrogen-bond acceptors (Lipinski definition) is 4. The van der Waals surface area contributed by atoms with E-state index in [9.17, 15) is 9.59 Å². The molecular weight excluding hydrogens is 306 g/mol. The lowest BCUT2D eigenvalue weighted by molar-refractivity contribution is -0.134. The van der Waals surface area contributed by atoms with E-state index in [0.717, 1.165) is 24.0 Å². The van der Waals surface area contributed by atoms with Crippen LogP contribution in [-0.4, -0.2) is 36.2 Å². The SMILES string of the molecule is COC(=O)C=Cc1ccc2c(c1)CCCN(C(=O)OC(C)(C)C)C2. The van der Waals surface area contributed by atoms with Gasteiger partial charge in [0.05, 0.1) is 7.11 Å². The number of carbonyl (C=O) groups excluding carboxylic acids is 2. The fraction of sp³-hybridized carbons (Fsp3) is 0.474. The van der Waals surface area contributed by atoms with Gasteiger partial charge in [-0.05, 0) is 56.4 Å². The highest BCUT2D eigenvalue weighted by atomic mass is 16.6. The molecule has 1 aromatic rings. The molecule has 0 saturated heterocycles. The van der Waals surface area contributed by atoms with Gasteiger partial charge >= 0.3 is 12.1 Å². The quantitative estimate of drug-likeness (QED) is 0.614. The summed E-state index contributed by atoms with van der Waals surface area (Å²) in [6.45, 7) is 6.84. The van der Waals surface area contributed by atoms with Crippen molar-refractivity contribution in [3.63, 3.8) is 0 Å². The smallest absolute Gasteiger partial charge is 0.410 e. The van der Waals surface area contributed by atoms with Crippen LogP contribution in [0.15, 0.2) is 24.3 Å². The molecule has 0 aliphatic carbocycles. The Balaban J connectivity index is 2.13. The minimum Gasteiger partial charge on any atom is -0.466 e. The fourth-order valence-electron chi connectivity index (χ4n) is 2.60. The maximum Gasteiger partial charge on any atom is 0.410 e. The van der Waals surface area contributed by atoms with Gasteiger partial charge in [0.15, 0.2) is 0 Å². The number of rotatable bonds is 2. The average molecular weight is 331 g/mol. The van der Waals surface area contributed by atoms with Crippen molar-refractivity contribution in [2.24, 2.45) is 0 Å². The van der Waals surface area contributed by atoms with Gasteiger partial charge in [-0.2, -0.15) is 0 Å². The second-order valence-corrected chi connectivity index (χ2v) is 6.89. The summed E-state index contributed by atoms with van der Waals surface area (Å²) < 4.78 is 10.1. The molecule has 0 unspecified atom stereocenters. The molecule has 0 bridgehead atoms. The first-order valence-electron chi connectivity index (χ1n) is 8.14. The normalized spacial score (nSPS) is 14.9. The molecule has 2 rings (SSSR count). The van der Waals surface area contributed by atoms with E-state index < -0.39 is 5.60 Å². The third kappa shape index (κ3) is 5.11. The molecule has 0 aromatic heterocycles. The maximum absolute atomic E-state index is 12.3. The van der Waals surface area contributed by atoms with E-state index in [1.54, 1.807) is 11.0 Å². The van der Waals surface area contributed by atoms with E-state index in [1.807, 2.05) is 32.9 Å².